The number of methoxy groups -OCH3 is 1. The van der Waals surface area contributed by atoms with Crippen LogP contribution in [-0.2, 0) is 6.54 Å². The van der Waals surface area contributed by atoms with Crippen molar-refractivity contribution >= 4 is 27.7 Å². The highest BCUT2D eigenvalue weighted by molar-refractivity contribution is 9.10. The van der Waals surface area contributed by atoms with Gasteiger partial charge in [-0.2, -0.15) is 11.8 Å². The van der Waals surface area contributed by atoms with Crippen LogP contribution in [0.25, 0.3) is 0 Å². The van der Waals surface area contributed by atoms with E-state index in [-0.39, 0.29) is 0 Å². The predicted molar refractivity (Wildman–Crippen MR) is 77.9 cm³/mol. The van der Waals surface area contributed by atoms with E-state index >= 15 is 0 Å². The molecule has 0 saturated carbocycles. The van der Waals surface area contributed by atoms with E-state index in [9.17, 15) is 0 Å². The molecule has 0 N–H and O–H groups in total. The average Bonchev–Trinajstić information content (AvgIpc) is 2.32. The Morgan fingerprint density at radius 1 is 1.53 bits per heavy atom. The van der Waals surface area contributed by atoms with Crippen molar-refractivity contribution in [2.24, 2.45) is 0 Å². The Balaban J connectivity index is 2.13. The Morgan fingerprint density at radius 3 is 3.06 bits per heavy atom. The summed E-state index contributed by atoms with van der Waals surface area (Å²) >= 11 is 5.58. The number of ether oxygens (including phenoxy) is 1. The first kappa shape index (κ1) is 13.2. The highest BCUT2D eigenvalue weighted by Gasteiger charge is 2.19. The lowest BCUT2D eigenvalue weighted by molar-refractivity contribution is 0.221. The maximum absolute atomic E-state index is 5.42. The maximum Gasteiger partial charge on any atom is 0.123 e. The van der Waals surface area contributed by atoms with Gasteiger partial charge >= 0.3 is 0 Å². The molecule has 1 aromatic carbocycles. The van der Waals surface area contributed by atoms with Crippen molar-refractivity contribution < 1.29 is 4.74 Å². The van der Waals surface area contributed by atoms with Crippen LogP contribution in [0.15, 0.2) is 22.7 Å². The molecule has 4 heteroatoms. The van der Waals surface area contributed by atoms with Crippen molar-refractivity contribution in [3.8, 4) is 5.75 Å². The molecule has 2 nitrogen and oxygen atoms in total. The van der Waals surface area contributed by atoms with Crippen molar-refractivity contribution in [3.63, 3.8) is 0 Å². The molecule has 1 heterocycles. The van der Waals surface area contributed by atoms with Gasteiger partial charge in [-0.15, -0.1) is 0 Å². The van der Waals surface area contributed by atoms with Gasteiger partial charge in [0.2, 0.25) is 0 Å². The number of halogens is 1. The number of hydrogen-bond donors (Lipinski definition) is 0. The monoisotopic (exact) mass is 315 g/mol. The molecule has 1 unspecified atom stereocenters. The van der Waals surface area contributed by atoms with Crippen molar-refractivity contribution in [2.75, 3.05) is 25.2 Å². The van der Waals surface area contributed by atoms with Crippen molar-refractivity contribution in [1.29, 1.82) is 0 Å². The van der Waals surface area contributed by atoms with Crippen LogP contribution in [0.2, 0.25) is 0 Å². The molecular formula is C13H18BrNOS. The Morgan fingerprint density at radius 2 is 2.35 bits per heavy atom. The molecule has 0 bridgehead atoms. The lowest BCUT2D eigenvalue weighted by Crippen LogP contribution is -2.39. The van der Waals surface area contributed by atoms with Crippen molar-refractivity contribution in [1.82, 2.24) is 4.90 Å². The fourth-order valence-corrected chi connectivity index (χ4v) is 3.58. The summed E-state index contributed by atoms with van der Waals surface area (Å²) in [7, 11) is 1.74. The molecule has 0 spiro atoms. The number of thioether (sulfide) groups is 1. The Labute approximate surface area is 116 Å². The first-order valence-electron chi connectivity index (χ1n) is 5.85. The first-order valence-corrected chi connectivity index (χ1v) is 7.79. The van der Waals surface area contributed by atoms with Crippen LogP contribution < -0.4 is 4.74 Å². The van der Waals surface area contributed by atoms with Gasteiger partial charge in [0.15, 0.2) is 0 Å². The van der Waals surface area contributed by atoms with Gasteiger partial charge in [0, 0.05) is 40.7 Å². The smallest absolute Gasteiger partial charge is 0.123 e. The molecule has 1 atom stereocenters. The molecule has 1 aromatic rings. The summed E-state index contributed by atoms with van der Waals surface area (Å²) in [6.45, 7) is 4.45. The molecular weight excluding hydrogens is 298 g/mol. The molecule has 1 saturated heterocycles. The van der Waals surface area contributed by atoms with E-state index in [1.807, 2.05) is 23.9 Å². The minimum Gasteiger partial charge on any atom is -0.496 e. The van der Waals surface area contributed by atoms with Crippen LogP contribution in [0.4, 0.5) is 0 Å². The second-order valence-electron chi connectivity index (χ2n) is 4.35. The minimum atomic E-state index is 0.650. The van der Waals surface area contributed by atoms with Gasteiger partial charge < -0.3 is 4.74 Å². The van der Waals surface area contributed by atoms with Crippen LogP contribution in [-0.4, -0.2) is 36.1 Å². The topological polar surface area (TPSA) is 12.5 Å². The fourth-order valence-electron chi connectivity index (χ4n) is 2.09. The Hall–Kier alpha value is -0.190. The van der Waals surface area contributed by atoms with Gasteiger partial charge in [0.1, 0.15) is 5.75 Å². The van der Waals surface area contributed by atoms with Crippen LogP contribution in [0.5, 0.6) is 5.75 Å². The highest BCUT2D eigenvalue weighted by atomic mass is 79.9. The second kappa shape index (κ2) is 6.12. The zero-order valence-corrected chi connectivity index (χ0v) is 12.7. The van der Waals surface area contributed by atoms with Crippen LogP contribution in [0.3, 0.4) is 0 Å². The predicted octanol–water partition coefficient (Wildman–Crippen LogP) is 3.40. The van der Waals surface area contributed by atoms with Crippen molar-refractivity contribution in [2.45, 2.75) is 19.5 Å². The molecule has 94 valence electrons. The third-order valence-electron chi connectivity index (χ3n) is 3.12. The zero-order chi connectivity index (χ0) is 12.3. The van der Waals surface area contributed by atoms with Crippen molar-refractivity contribution in [3.05, 3.63) is 28.2 Å². The van der Waals surface area contributed by atoms with E-state index in [4.69, 9.17) is 4.74 Å². The molecule has 1 fully saturated rings. The van der Waals surface area contributed by atoms with Gasteiger partial charge in [0.05, 0.1) is 7.11 Å². The van der Waals surface area contributed by atoms with E-state index in [1.165, 1.54) is 23.6 Å². The van der Waals surface area contributed by atoms with E-state index in [2.05, 4.69) is 33.8 Å². The van der Waals surface area contributed by atoms with Crippen LogP contribution in [0, 0.1) is 0 Å². The van der Waals surface area contributed by atoms with Crippen LogP contribution >= 0.6 is 27.7 Å². The molecule has 2 rings (SSSR count). The molecule has 1 aliphatic rings. The summed E-state index contributed by atoms with van der Waals surface area (Å²) in [6, 6.07) is 6.87. The van der Waals surface area contributed by atoms with E-state index < -0.39 is 0 Å². The quantitative estimate of drug-likeness (QED) is 0.848. The van der Waals surface area contributed by atoms with E-state index in [0.717, 1.165) is 16.8 Å². The molecule has 1 aliphatic heterocycles. The zero-order valence-electron chi connectivity index (χ0n) is 10.3. The third kappa shape index (κ3) is 3.39. The summed E-state index contributed by atoms with van der Waals surface area (Å²) < 4.78 is 6.54. The number of nitrogens with zero attached hydrogens (tertiary/aromatic N) is 1. The van der Waals surface area contributed by atoms with E-state index in [0.29, 0.717) is 6.04 Å². The lowest BCUT2D eigenvalue weighted by atomic mass is 10.1. The fraction of sp³-hybridized carbons (Fsp3) is 0.538. The lowest BCUT2D eigenvalue weighted by Gasteiger charge is -2.33. The highest BCUT2D eigenvalue weighted by Crippen LogP contribution is 2.26. The second-order valence-corrected chi connectivity index (χ2v) is 6.42. The molecule has 0 radical (unpaired) electrons. The summed E-state index contributed by atoms with van der Waals surface area (Å²) in [4.78, 5) is 2.53. The summed E-state index contributed by atoms with van der Waals surface area (Å²) in [6.07, 6.45) is 0. The summed E-state index contributed by atoms with van der Waals surface area (Å²) in [5, 5.41) is 0. The Bertz CT molecular complexity index is 386. The molecule has 0 aliphatic carbocycles. The van der Waals surface area contributed by atoms with E-state index in [1.54, 1.807) is 7.11 Å². The third-order valence-corrected chi connectivity index (χ3v) is 4.80. The van der Waals surface area contributed by atoms with Gasteiger partial charge in [-0.3, -0.25) is 4.90 Å². The molecule has 17 heavy (non-hydrogen) atoms. The number of hydrogen-bond acceptors (Lipinski definition) is 3. The summed E-state index contributed by atoms with van der Waals surface area (Å²) in [5.41, 5.74) is 1.26. The molecule has 0 amide bonds. The first-order chi connectivity index (χ1) is 8.20. The normalized spacial score (nSPS) is 21.5. The van der Waals surface area contributed by atoms with Gasteiger partial charge in [-0.25, -0.2) is 0 Å². The SMILES string of the molecule is COc1ccc(Br)cc1CN1CCSCC1C. The van der Waals surface area contributed by atoms with Gasteiger partial charge in [-0.05, 0) is 25.1 Å². The molecule has 0 aromatic heterocycles. The van der Waals surface area contributed by atoms with Gasteiger partial charge in [0.25, 0.3) is 0 Å². The van der Waals surface area contributed by atoms with Crippen LogP contribution in [0.1, 0.15) is 12.5 Å². The Kier molecular flexibility index (Phi) is 4.77. The largest absolute Gasteiger partial charge is 0.496 e. The average molecular weight is 316 g/mol. The summed E-state index contributed by atoms with van der Waals surface area (Å²) in [5.74, 6) is 3.45. The van der Waals surface area contributed by atoms with Gasteiger partial charge in [-0.1, -0.05) is 15.9 Å². The number of rotatable bonds is 3. The standard InChI is InChI=1S/C13H18BrNOS/c1-10-9-17-6-5-15(10)8-11-7-12(14)3-4-13(11)16-2/h3-4,7,10H,5-6,8-9H2,1-2H3. The maximum atomic E-state index is 5.42. The number of benzene rings is 1. The minimum absolute atomic E-state index is 0.650.